The number of hydrogen-bond donors (Lipinski definition) is 1. The van der Waals surface area contributed by atoms with Crippen LogP contribution in [-0.2, 0) is 17.6 Å². The number of rotatable bonds is 3. The number of fused-ring (bicyclic) bond motifs is 2. The summed E-state index contributed by atoms with van der Waals surface area (Å²) in [6, 6.07) is 6.46. The van der Waals surface area contributed by atoms with Crippen LogP contribution in [0.15, 0.2) is 33.3 Å². The lowest BCUT2D eigenvalue weighted by Crippen LogP contribution is -2.44. The first kappa shape index (κ1) is 25.7. The van der Waals surface area contributed by atoms with E-state index in [1.54, 1.807) is 4.90 Å². The molecule has 6 nitrogen and oxygen atoms in total. The predicted octanol–water partition coefficient (Wildman–Crippen LogP) is 5.56. The van der Waals surface area contributed by atoms with Crippen LogP contribution in [0.2, 0.25) is 0 Å². The maximum Gasteiger partial charge on any atom is 0.314 e. The topological polar surface area (TPSA) is 79.5 Å². The molecule has 192 valence electrons. The van der Waals surface area contributed by atoms with Gasteiger partial charge in [0.15, 0.2) is 0 Å². The molecule has 1 aromatic heterocycles. The van der Waals surface area contributed by atoms with Gasteiger partial charge in [-0.25, -0.2) is 4.79 Å². The molecule has 3 aliphatic rings. The van der Waals surface area contributed by atoms with Crippen molar-refractivity contribution in [2.24, 2.45) is 17.6 Å². The number of amides is 3. The number of pyridine rings is 1. The number of carbonyl (C=O) groups is 2. The normalized spacial score (nSPS) is 21.0. The summed E-state index contributed by atoms with van der Waals surface area (Å²) in [4.78, 5) is 33.2. The van der Waals surface area contributed by atoms with Crippen LogP contribution in [0.25, 0.3) is 0 Å². The van der Waals surface area contributed by atoms with Crippen molar-refractivity contribution < 1.29 is 9.59 Å². The SMILES string of the molecule is Cc1cc(Br)c2c(c1)CCc1cc(Br)cnc1C2C1CCN(C(=O)CC2CCN(C(N)=O)CC2)CC1. The summed E-state index contributed by atoms with van der Waals surface area (Å²) in [5.74, 6) is 1.27. The summed E-state index contributed by atoms with van der Waals surface area (Å²) in [6.07, 6.45) is 8.19. The van der Waals surface area contributed by atoms with Crippen molar-refractivity contribution >= 4 is 43.8 Å². The summed E-state index contributed by atoms with van der Waals surface area (Å²) in [6.45, 7) is 5.07. The Balaban J connectivity index is 1.31. The number of aromatic nitrogens is 1. The van der Waals surface area contributed by atoms with E-state index in [0.29, 0.717) is 31.3 Å². The van der Waals surface area contributed by atoms with Gasteiger partial charge in [-0.05, 0) is 108 Å². The average molecular weight is 618 g/mol. The van der Waals surface area contributed by atoms with Crippen LogP contribution in [0.1, 0.15) is 66.0 Å². The molecule has 3 amide bonds. The number of carbonyl (C=O) groups excluding carboxylic acids is 2. The molecule has 0 bridgehead atoms. The number of halogens is 2. The van der Waals surface area contributed by atoms with Crippen molar-refractivity contribution in [2.45, 2.75) is 57.8 Å². The van der Waals surface area contributed by atoms with Crippen LogP contribution in [0, 0.1) is 18.8 Å². The van der Waals surface area contributed by atoms with Gasteiger partial charge < -0.3 is 15.5 Å². The molecule has 0 saturated carbocycles. The third kappa shape index (κ3) is 5.35. The minimum absolute atomic E-state index is 0.232. The summed E-state index contributed by atoms with van der Waals surface area (Å²) in [7, 11) is 0. The molecule has 5 rings (SSSR count). The van der Waals surface area contributed by atoms with Crippen molar-refractivity contribution in [3.63, 3.8) is 0 Å². The van der Waals surface area contributed by atoms with Gasteiger partial charge in [0.05, 0.1) is 5.69 Å². The van der Waals surface area contributed by atoms with Gasteiger partial charge in [-0.1, -0.05) is 22.0 Å². The number of primary amides is 1. The van der Waals surface area contributed by atoms with E-state index in [9.17, 15) is 9.59 Å². The lowest BCUT2D eigenvalue weighted by Gasteiger charge is -2.38. The van der Waals surface area contributed by atoms with Gasteiger partial charge in [0.25, 0.3) is 0 Å². The predicted molar refractivity (Wildman–Crippen MR) is 148 cm³/mol. The van der Waals surface area contributed by atoms with Crippen LogP contribution >= 0.6 is 31.9 Å². The first-order valence-electron chi connectivity index (χ1n) is 13.1. The van der Waals surface area contributed by atoms with E-state index in [1.807, 2.05) is 6.20 Å². The number of likely N-dealkylation sites (tertiary alicyclic amines) is 2. The Kier molecular flexibility index (Phi) is 7.73. The number of aryl methyl sites for hydroxylation is 3. The summed E-state index contributed by atoms with van der Waals surface area (Å²) in [5.41, 5.74) is 12.0. The van der Waals surface area contributed by atoms with Crippen molar-refractivity contribution in [1.29, 1.82) is 0 Å². The molecular weight excluding hydrogens is 584 g/mol. The maximum absolute atomic E-state index is 13.1. The van der Waals surface area contributed by atoms with Gasteiger partial charge in [-0.15, -0.1) is 0 Å². The highest BCUT2D eigenvalue weighted by Gasteiger charge is 2.36. The van der Waals surface area contributed by atoms with Gasteiger partial charge >= 0.3 is 6.03 Å². The fourth-order valence-electron chi connectivity index (χ4n) is 6.43. The molecule has 2 N–H and O–H groups in total. The van der Waals surface area contributed by atoms with Gasteiger partial charge in [-0.2, -0.15) is 0 Å². The number of nitrogens with zero attached hydrogens (tertiary/aromatic N) is 3. The molecule has 1 atom stereocenters. The van der Waals surface area contributed by atoms with E-state index in [2.05, 4.69) is 61.9 Å². The molecule has 8 heteroatoms. The highest BCUT2D eigenvalue weighted by atomic mass is 79.9. The molecule has 1 aromatic carbocycles. The van der Waals surface area contributed by atoms with Gasteiger partial charge in [0.2, 0.25) is 5.91 Å². The largest absolute Gasteiger partial charge is 0.351 e. The van der Waals surface area contributed by atoms with Crippen molar-refractivity contribution in [2.75, 3.05) is 26.2 Å². The molecule has 1 aliphatic carbocycles. The highest BCUT2D eigenvalue weighted by molar-refractivity contribution is 9.10. The maximum atomic E-state index is 13.1. The number of piperidine rings is 2. The van der Waals surface area contributed by atoms with Crippen LogP contribution in [0.5, 0.6) is 0 Å². The standard InChI is InChI=1S/C28H34Br2N4O2/c1-17-12-20-2-3-21-15-22(29)16-32-27(21)26(25(20)23(30)13-17)19-6-10-33(11-7-19)24(35)14-18-4-8-34(9-5-18)28(31)36/h12-13,15-16,18-19,26H,2-11,14H2,1H3,(H2,31,36). The smallest absolute Gasteiger partial charge is 0.314 e. The number of urea groups is 1. The zero-order valence-electron chi connectivity index (χ0n) is 20.8. The second-order valence-electron chi connectivity index (χ2n) is 10.7. The Morgan fingerprint density at radius 2 is 1.64 bits per heavy atom. The summed E-state index contributed by atoms with van der Waals surface area (Å²) >= 11 is 7.54. The molecule has 2 saturated heterocycles. The van der Waals surface area contributed by atoms with E-state index >= 15 is 0 Å². The Hall–Kier alpha value is -1.93. The Bertz CT molecular complexity index is 1150. The van der Waals surface area contributed by atoms with Crippen LogP contribution < -0.4 is 5.73 Å². The molecule has 2 aliphatic heterocycles. The quantitative estimate of drug-likeness (QED) is 0.489. The second-order valence-corrected chi connectivity index (χ2v) is 12.5. The fraction of sp³-hybridized carbons (Fsp3) is 0.536. The minimum atomic E-state index is -0.354. The third-order valence-electron chi connectivity index (χ3n) is 8.35. The molecule has 0 spiro atoms. The number of benzene rings is 1. The molecule has 3 heterocycles. The van der Waals surface area contributed by atoms with Gasteiger partial charge in [-0.3, -0.25) is 9.78 Å². The van der Waals surface area contributed by atoms with Crippen molar-refractivity contribution in [3.8, 4) is 0 Å². The van der Waals surface area contributed by atoms with E-state index in [1.165, 1.54) is 32.4 Å². The zero-order valence-corrected chi connectivity index (χ0v) is 24.0. The van der Waals surface area contributed by atoms with E-state index in [-0.39, 0.29) is 17.9 Å². The minimum Gasteiger partial charge on any atom is -0.351 e. The summed E-state index contributed by atoms with van der Waals surface area (Å²) < 4.78 is 2.21. The van der Waals surface area contributed by atoms with Crippen molar-refractivity contribution in [1.82, 2.24) is 14.8 Å². The van der Waals surface area contributed by atoms with E-state index < -0.39 is 0 Å². The molecule has 2 aromatic rings. The second kappa shape index (κ2) is 10.8. The lowest BCUT2D eigenvalue weighted by molar-refractivity contribution is -0.134. The lowest BCUT2D eigenvalue weighted by atomic mass is 9.76. The Labute approximate surface area is 230 Å². The monoisotopic (exact) mass is 616 g/mol. The van der Waals surface area contributed by atoms with Crippen LogP contribution in [0.3, 0.4) is 0 Å². The molecule has 2 fully saturated rings. The first-order chi connectivity index (χ1) is 17.3. The summed E-state index contributed by atoms with van der Waals surface area (Å²) in [5, 5.41) is 0. The van der Waals surface area contributed by atoms with Crippen molar-refractivity contribution in [3.05, 3.63) is 61.3 Å². The fourth-order valence-corrected chi connectivity index (χ4v) is 7.67. The van der Waals surface area contributed by atoms with Crippen LogP contribution in [0.4, 0.5) is 4.79 Å². The van der Waals surface area contributed by atoms with Gasteiger partial charge in [0.1, 0.15) is 0 Å². The number of nitrogens with two attached hydrogens (primary N) is 1. The molecule has 0 radical (unpaired) electrons. The Morgan fingerprint density at radius 3 is 2.33 bits per heavy atom. The number of hydrogen-bond acceptors (Lipinski definition) is 3. The third-order valence-corrected chi connectivity index (χ3v) is 9.44. The van der Waals surface area contributed by atoms with Gasteiger partial charge in [0, 0.05) is 53.7 Å². The molecular formula is C28H34Br2N4O2. The van der Waals surface area contributed by atoms with E-state index in [0.717, 1.165) is 56.1 Å². The zero-order chi connectivity index (χ0) is 25.4. The Morgan fingerprint density at radius 1 is 0.972 bits per heavy atom. The first-order valence-corrected chi connectivity index (χ1v) is 14.6. The average Bonchev–Trinajstić information content (AvgIpc) is 3.01. The van der Waals surface area contributed by atoms with Crippen LogP contribution in [-0.4, -0.2) is 52.9 Å². The van der Waals surface area contributed by atoms with E-state index in [4.69, 9.17) is 10.7 Å². The highest BCUT2D eigenvalue weighted by Crippen LogP contribution is 2.45. The molecule has 1 unspecified atom stereocenters. The molecule has 36 heavy (non-hydrogen) atoms.